The van der Waals surface area contributed by atoms with Gasteiger partial charge in [-0.2, -0.15) is 0 Å². The zero-order valence-corrected chi connectivity index (χ0v) is 15.0. The minimum Gasteiger partial charge on any atom is -0.494 e. The number of anilines is 1. The standard InChI is InChI=1S/C17H24N4O2S/c1-12-7-8-14(11-13(12)2)23-10-4-6-16-20-21-17(24-16)19-15(22)5-3-9-18/h7-8,11H,3-6,9-10,18H2,1-2H3,(H,19,21,22). The molecule has 0 saturated heterocycles. The number of hydrogen-bond donors (Lipinski definition) is 2. The summed E-state index contributed by atoms with van der Waals surface area (Å²) in [6, 6.07) is 6.10. The maximum Gasteiger partial charge on any atom is 0.226 e. The molecule has 1 aromatic carbocycles. The zero-order chi connectivity index (χ0) is 17.4. The minimum absolute atomic E-state index is 0.0683. The molecule has 1 amide bonds. The summed E-state index contributed by atoms with van der Waals surface area (Å²) in [6.07, 6.45) is 2.71. The van der Waals surface area contributed by atoms with Crippen molar-refractivity contribution < 1.29 is 9.53 Å². The monoisotopic (exact) mass is 348 g/mol. The number of carbonyl (C=O) groups excluding carboxylic acids is 1. The molecular weight excluding hydrogens is 324 g/mol. The average Bonchev–Trinajstić information content (AvgIpc) is 3.00. The van der Waals surface area contributed by atoms with Crippen LogP contribution in [0.5, 0.6) is 5.75 Å². The largest absolute Gasteiger partial charge is 0.494 e. The second-order valence-corrected chi connectivity index (χ2v) is 6.70. The summed E-state index contributed by atoms with van der Waals surface area (Å²) < 4.78 is 5.75. The Bertz CT molecular complexity index is 672. The van der Waals surface area contributed by atoms with E-state index in [2.05, 4.69) is 41.5 Å². The molecule has 2 rings (SSSR count). The predicted octanol–water partition coefficient (Wildman–Crippen LogP) is 2.84. The Morgan fingerprint density at radius 2 is 2.08 bits per heavy atom. The molecule has 130 valence electrons. The fourth-order valence-corrected chi connectivity index (χ4v) is 2.86. The van der Waals surface area contributed by atoms with Crippen LogP contribution in [0, 0.1) is 13.8 Å². The summed E-state index contributed by atoms with van der Waals surface area (Å²) in [4.78, 5) is 11.6. The summed E-state index contributed by atoms with van der Waals surface area (Å²) in [5.74, 6) is 0.824. The van der Waals surface area contributed by atoms with Gasteiger partial charge in [0.1, 0.15) is 10.8 Å². The van der Waals surface area contributed by atoms with Gasteiger partial charge >= 0.3 is 0 Å². The van der Waals surface area contributed by atoms with E-state index in [0.29, 0.717) is 31.1 Å². The summed E-state index contributed by atoms with van der Waals surface area (Å²) in [5, 5.41) is 12.3. The first-order valence-electron chi connectivity index (χ1n) is 8.11. The first kappa shape index (κ1) is 18.4. The first-order valence-corrected chi connectivity index (χ1v) is 8.92. The lowest BCUT2D eigenvalue weighted by atomic mass is 10.1. The lowest BCUT2D eigenvalue weighted by molar-refractivity contribution is -0.116. The molecule has 0 saturated carbocycles. The molecule has 1 heterocycles. The number of amides is 1. The highest BCUT2D eigenvalue weighted by atomic mass is 32.1. The lowest BCUT2D eigenvalue weighted by Crippen LogP contribution is -2.13. The number of aromatic nitrogens is 2. The third-order valence-electron chi connectivity index (χ3n) is 3.60. The third-order valence-corrected chi connectivity index (χ3v) is 4.50. The van der Waals surface area contributed by atoms with Gasteiger partial charge in [-0.15, -0.1) is 10.2 Å². The summed E-state index contributed by atoms with van der Waals surface area (Å²) >= 11 is 1.40. The van der Waals surface area contributed by atoms with Gasteiger partial charge in [0.2, 0.25) is 11.0 Å². The second-order valence-electron chi connectivity index (χ2n) is 5.64. The first-order chi connectivity index (χ1) is 11.6. The van der Waals surface area contributed by atoms with E-state index in [1.165, 1.54) is 22.5 Å². The SMILES string of the molecule is Cc1ccc(OCCCc2nnc(NC(=O)CCCN)s2)cc1C. The van der Waals surface area contributed by atoms with Gasteiger partial charge in [0, 0.05) is 12.8 Å². The fraction of sp³-hybridized carbons (Fsp3) is 0.471. The Hall–Kier alpha value is -1.99. The normalized spacial score (nSPS) is 10.6. The van der Waals surface area contributed by atoms with E-state index < -0.39 is 0 Å². The number of aryl methyl sites for hydroxylation is 3. The van der Waals surface area contributed by atoms with Gasteiger partial charge in [-0.25, -0.2) is 0 Å². The van der Waals surface area contributed by atoms with Crippen molar-refractivity contribution in [3.63, 3.8) is 0 Å². The highest BCUT2D eigenvalue weighted by Gasteiger charge is 2.08. The lowest BCUT2D eigenvalue weighted by Gasteiger charge is -2.07. The maximum absolute atomic E-state index is 11.6. The van der Waals surface area contributed by atoms with Crippen molar-refractivity contribution in [1.82, 2.24) is 10.2 Å². The Labute approximate surface area is 146 Å². The van der Waals surface area contributed by atoms with Crippen molar-refractivity contribution in [1.29, 1.82) is 0 Å². The molecule has 2 aromatic rings. The predicted molar refractivity (Wildman–Crippen MR) is 96.6 cm³/mol. The van der Waals surface area contributed by atoms with Crippen LogP contribution >= 0.6 is 11.3 Å². The van der Waals surface area contributed by atoms with Gasteiger partial charge < -0.3 is 15.8 Å². The van der Waals surface area contributed by atoms with Gasteiger partial charge in [0.05, 0.1) is 6.61 Å². The van der Waals surface area contributed by atoms with E-state index in [9.17, 15) is 4.79 Å². The van der Waals surface area contributed by atoms with Crippen molar-refractivity contribution in [3.05, 3.63) is 34.3 Å². The van der Waals surface area contributed by atoms with E-state index in [1.54, 1.807) is 0 Å². The van der Waals surface area contributed by atoms with Crippen molar-refractivity contribution in [2.24, 2.45) is 5.73 Å². The number of nitrogens with zero attached hydrogens (tertiary/aromatic N) is 2. The van der Waals surface area contributed by atoms with Gasteiger partial charge in [-0.3, -0.25) is 4.79 Å². The van der Waals surface area contributed by atoms with Gasteiger partial charge in [-0.05, 0) is 56.5 Å². The molecule has 0 aliphatic rings. The number of hydrogen-bond acceptors (Lipinski definition) is 6. The van der Waals surface area contributed by atoms with Crippen LogP contribution in [-0.2, 0) is 11.2 Å². The molecule has 1 aromatic heterocycles. The Morgan fingerprint density at radius 3 is 2.83 bits per heavy atom. The Balaban J connectivity index is 1.71. The van der Waals surface area contributed by atoms with Crippen LogP contribution in [0.3, 0.4) is 0 Å². The van der Waals surface area contributed by atoms with E-state index in [1.807, 2.05) is 6.07 Å². The van der Waals surface area contributed by atoms with Crippen molar-refractivity contribution >= 4 is 22.4 Å². The topological polar surface area (TPSA) is 90.1 Å². The molecule has 7 heteroatoms. The number of nitrogens with two attached hydrogens (primary N) is 1. The van der Waals surface area contributed by atoms with Gasteiger partial charge in [0.15, 0.2) is 0 Å². The molecule has 6 nitrogen and oxygen atoms in total. The molecular formula is C17H24N4O2S. The molecule has 0 unspecified atom stereocenters. The average molecular weight is 348 g/mol. The van der Waals surface area contributed by atoms with Crippen LogP contribution in [0.4, 0.5) is 5.13 Å². The summed E-state index contributed by atoms with van der Waals surface area (Å²) in [5.41, 5.74) is 7.87. The zero-order valence-electron chi connectivity index (χ0n) is 14.2. The fourth-order valence-electron chi connectivity index (χ4n) is 2.07. The van der Waals surface area contributed by atoms with E-state index in [0.717, 1.165) is 23.6 Å². The molecule has 0 fully saturated rings. The second kappa shape index (κ2) is 9.34. The van der Waals surface area contributed by atoms with Crippen LogP contribution in [0.2, 0.25) is 0 Å². The van der Waals surface area contributed by atoms with Gasteiger partial charge in [0.25, 0.3) is 0 Å². The molecule has 0 bridgehead atoms. The quantitative estimate of drug-likeness (QED) is 0.680. The molecule has 3 N–H and O–H groups in total. The van der Waals surface area contributed by atoms with Crippen molar-refractivity contribution in [2.75, 3.05) is 18.5 Å². The van der Waals surface area contributed by atoms with E-state index >= 15 is 0 Å². The highest BCUT2D eigenvalue weighted by Crippen LogP contribution is 2.19. The van der Waals surface area contributed by atoms with Crippen LogP contribution in [0.1, 0.15) is 35.4 Å². The Kier molecular flexibility index (Phi) is 7.14. The van der Waals surface area contributed by atoms with Crippen LogP contribution in [0.15, 0.2) is 18.2 Å². The number of carbonyl (C=O) groups is 1. The summed E-state index contributed by atoms with van der Waals surface area (Å²) in [7, 11) is 0. The molecule has 0 spiro atoms. The van der Waals surface area contributed by atoms with Crippen molar-refractivity contribution in [3.8, 4) is 5.75 Å². The Morgan fingerprint density at radius 1 is 1.25 bits per heavy atom. The number of ether oxygens (including phenoxy) is 1. The molecule has 24 heavy (non-hydrogen) atoms. The molecule has 0 aliphatic carbocycles. The summed E-state index contributed by atoms with van der Waals surface area (Å²) in [6.45, 7) is 5.29. The van der Waals surface area contributed by atoms with E-state index in [4.69, 9.17) is 10.5 Å². The number of rotatable bonds is 9. The smallest absolute Gasteiger partial charge is 0.226 e. The number of benzene rings is 1. The highest BCUT2D eigenvalue weighted by molar-refractivity contribution is 7.15. The van der Waals surface area contributed by atoms with Crippen molar-refractivity contribution in [2.45, 2.75) is 39.5 Å². The molecule has 0 radical (unpaired) electrons. The van der Waals surface area contributed by atoms with Gasteiger partial charge in [-0.1, -0.05) is 17.4 Å². The number of nitrogens with one attached hydrogen (secondary N) is 1. The third kappa shape index (κ3) is 5.90. The molecule has 0 atom stereocenters. The van der Waals surface area contributed by atoms with Crippen LogP contribution in [0.25, 0.3) is 0 Å². The minimum atomic E-state index is -0.0683. The molecule has 0 aliphatic heterocycles. The maximum atomic E-state index is 11.6. The van der Waals surface area contributed by atoms with Crippen LogP contribution < -0.4 is 15.8 Å². The van der Waals surface area contributed by atoms with E-state index in [-0.39, 0.29) is 5.91 Å². The van der Waals surface area contributed by atoms with Crippen LogP contribution in [-0.4, -0.2) is 29.3 Å².